The average molecular weight is 256 g/mol. The van der Waals surface area contributed by atoms with Gasteiger partial charge in [-0.2, -0.15) is 0 Å². The van der Waals surface area contributed by atoms with Crippen molar-refractivity contribution in [3.8, 4) is 11.6 Å². The van der Waals surface area contributed by atoms with E-state index >= 15 is 0 Å². The number of benzene rings is 1. The largest absolute Gasteiger partial charge is 0.439 e. The van der Waals surface area contributed by atoms with Gasteiger partial charge in [0.05, 0.1) is 0 Å². The molecule has 0 saturated carbocycles. The number of hydrogen-bond donors (Lipinski definition) is 1. The first kappa shape index (κ1) is 12.8. The van der Waals surface area contributed by atoms with Gasteiger partial charge < -0.3 is 10.5 Å². The molecule has 1 amide bonds. The molecule has 5 nitrogen and oxygen atoms in total. The van der Waals surface area contributed by atoms with E-state index in [1.165, 1.54) is 13.1 Å². The SMILES string of the molecule is CC(=O)c1ccnc(Oc2ccc(C(N)=O)cc2)c1. The monoisotopic (exact) mass is 256 g/mol. The molecular formula is C14H12N2O3. The Hall–Kier alpha value is -2.69. The normalized spacial score (nSPS) is 9.95. The summed E-state index contributed by atoms with van der Waals surface area (Å²) in [5, 5.41) is 0. The number of ether oxygens (including phenoxy) is 1. The van der Waals surface area contributed by atoms with Crippen LogP contribution in [0, 0.1) is 0 Å². The molecule has 2 rings (SSSR count). The molecule has 0 spiro atoms. The molecule has 1 aromatic carbocycles. The second-order valence-corrected chi connectivity index (χ2v) is 3.93. The van der Waals surface area contributed by atoms with Crippen LogP contribution in [0.3, 0.4) is 0 Å². The summed E-state index contributed by atoms with van der Waals surface area (Å²) in [6.07, 6.45) is 1.50. The summed E-state index contributed by atoms with van der Waals surface area (Å²) in [7, 11) is 0. The quantitative estimate of drug-likeness (QED) is 0.850. The Kier molecular flexibility index (Phi) is 3.56. The molecular weight excluding hydrogens is 244 g/mol. The van der Waals surface area contributed by atoms with Crippen molar-refractivity contribution >= 4 is 11.7 Å². The highest BCUT2D eigenvalue weighted by Crippen LogP contribution is 2.20. The van der Waals surface area contributed by atoms with Crippen molar-refractivity contribution in [3.63, 3.8) is 0 Å². The van der Waals surface area contributed by atoms with Crippen LogP contribution in [-0.2, 0) is 0 Å². The van der Waals surface area contributed by atoms with Crippen molar-refractivity contribution in [2.45, 2.75) is 6.92 Å². The fraction of sp³-hybridized carbons (Fsp3) is 0.0714. The van der Waals surface area contributed by atoms with Crippen molar-refractivity contribution in [3.05, 3.63) is 53.7 Å². The topological polar surface area (TPSA) is 82.3 Å². The third kappa shape index (κ3) is 3.16. The zero-order chi connectivity index (χ0) is 13.8. The summed E-state index contributed by atoms with van der Waals surface area (Å²) >= 11 is 0. The number of ketones is 1. The van der Waals surface area contributed by atoms with Crippen molar-refractivity contribution in [1.29, 1.82) is 0 Å². The first-order valence-electron chi connectivity index (χ1n) is 5.61. The van der Waals surface area contributed by atoms with Crippen LogP contribution in [0.15, 0.2) is 42.6 Å². The van der Waals surface area contributed by atoms with Gasteiger partial charge in [0, 0.05) is 23.4 Å². The molecule has 0 aliphatic carbocycles. The first-order valence-corrected chi connectivity index (χ1v) is 5.61. The van der Waals surface area contributed by atoms with Crippen LogP contribution >= 0.6 is 0 Å². The molecule has 2 aromatic rings. The molecule has 1 heterocycles. The zero-order valence-electron chi connectivity index (χ0n) is 10.3. The molecule has 96 valence electrons. The predicted molar refractivity (Wildman–Crippen MR) is 69.3 cm³/mol. The highest BCUT2D eigenvalue weighted by atomic mass is 16.5. The van der Waals surface area contributed by atoms with E-state index in [2.05, 4.69) is 4.98 Å². The van der Waals surface area contributed by atoms with Crippen molar-refractivity contribution < 1.29 is 14.3 Å². The number of pyridine rings is 1. The molecule has 0 fully saturated rings. The Balaban J connectivity index is 2.19. The molecule has 0 bridgehead atoms. The van der Waals surface area contributed by atoms with Crippen LogP contribution in [0.2, 0.25) is 0 Å². The number of primary amides is 1. The molecule has 0 aliphatic rings. The van der Waals surface area contributed by atoms with Gasteiger partial charge in [-0.1, -0.05) is 0 Å². The van der Waals surface area contributed by atoms with E-state index in [4.69, 9.17) is 10.5 Å². The summed E-state index contributed by atoms with van der Waals surface area (Å²) in [5.41, 5.74) is 6.07. The molecule has 2 N–H and O–H groups in total. The van der Waals surface area contributed by atoms with E-state index in [-0.39, 0.29) is 5.78 Å². The number of nitrogens with zero attached hydrogens (tertiary/aromatic N) is 1. The minimum absolute atomic E-state index is 0.0590. The van der Waals surface area contributed by atoms with E-state index < -0.39 is 5.91 Å². The molecule has 0 unspecified atom stereocenters. The van der Waals surface area contributed by atoms with Crippen molar-refractivity contribution in [2.75, 3.05) is 0 Å². The zero-order valence-corrected chi connectivity index (χ0v) is 10.3. The van der Waals surface area contributed by atoms with Gasteiger partial charge in [-0.15, -0.1) is 0 Å². The fourth-order valence-corrected chi connectivity index (χ4v) is 1.49. The lowest BCUT2D eigenvalue weighted by atomic mass is 10.2. The third-order valence-electron chi connectivity index (χ3n) is 2.50. The summed E-state index contributed by atoms with van der Waals surface area (Å²) in [5.74, 6) is 0.275. The number of carbonyl (C=O) groups is 2. The second kappa shape index (κ2) is 5.30. The van der Waals surface area contributed by atoms with Crippen LogP contribution in [-0.4, -0.2) is 16.7 Å². The van der Waals surface area contributed by atoms with Gasteiger partial charge in [0.15, 0.2) is 5.78 Å². The van der Waals surface area contributed by atoms with Gasteiger partial charge in [0.1, 0.15) is 5.75 Å². The Labute approximate surface area is 110 Å². The second-order valence-electron chi connectivity index (χ2n) is 3.93. The standard InChI is InChI=1S/C14H12N2O3/c1-9(17)11-6-7-16-13(8-11)19-12-4-2-10(3-5-12)14(15)18/h2-8H,1H3,(H2,15,18). The van der Waals surface area contributed by atoms with Gasteiger partial charge in [-0.25, -0.2) is 4.98 Å². The number of rotatable bonds is 4. The van der Waals surface area contributed by atoms with Gasteiger partial charge in [-0.05, 0) is 37.3 Å². The first-order chi connectivity index (χ1) is 9.06. The highest BCUT2D eigenvalue weighted by Gasteiger charge is 2.05. The maximum atomic E-state index is 11.2. The summed E-state index contributed by atoms with van der Waals surface area (Å²) in [6.45, 7) is 1.47. The van der Waals surface area contributed by atoms with Crippen LogP contribution in [0.1, 0.15) is 27.6 Å². The maximum absolute atomic E-state index is 11.2. The molecule has 0 saturated heterocycles. The smallest absolute Gasteiger partial charge is 0.248 e. The number of Topliss-reactive ketones (excluding diaryl/α,β-unsaturated/α-hetero) is 1. The summed E-state index contributed by atoms with van der Waals surface area (Å²) < 4.78 is 5.49. The van der Waals surface area contributed by atoms with Crippen LogP contribution in [0.5, 0.6) is 11.6 Å². The molecule has 0 aliphatic heterocycles. The van der Waals surface area contributed by atoms with E-state index in [0.717, 1.165) is 0 Å². The Bertz CT molecular complexity index is 621. The molecule has 5 heteroatoms. The van der Waals surface area contributed by atoms with E-state index in [1.54, 1.807) is 36.4 Å². The Morgan fingerprint density at radius 3 is 2.37 bits per heavy atom. The van der Waals surface area contributed by atoms with Gasteiger partial charge in [0.25, 0.3) is 0 Å². The Morgan fingerprint density at radius 2 is 1.79 bits per heavy atom. The van der Waals surface area contributed by atoms with Crippen LogP contribution in [0.25, 0.3) is 0 Å². The van der Waals surface area contributed by atoms with E-state index in [0.29, 0.717) is 22.8 Å². The van der Waals surface area contributed by atoms with Crippen molar-refractivity contribution in [1.82, 2.24) is 4.98 Å². The summed E-state index contributed by atoms with van der Waals surface area (Å²) in [4.78, 5) is 26.2. The maximum Gasteiger partial charge on any atom is 0.248 e. The van der Waals surface area contributed by atoms with Crippen LogP contribution < -0.4 is 10.5 Å². The number of carbonyl (C=O) groups excluding carboxylic acids is 2. The molecule has 0 atom stereocenters. The Morgan fingerprint density at radius 1 is 1.11 bits per heavy atom. The third-order valence-corrected chi connectivity index (χ3v) is 2.50. The highest BCUT2D eigenvalue weighted by molar-refractivity contribution is 5.94. The molecule has 19 heavy (non-hydrogen) atoms. The number of aromatic nitrogens is 1. The summed E-state index contributed by atoms with van der Waals surface area (Å²) in [6, 6.07) is 9.53. The lowest BCUT2D eigenvalue weighted by Gasteiger charge is -2.05. The van der Waals surface area contributed by atoms with Crippen molar-refractivity contribution in [2.24, 2.45) is 5.73 Å². The lowest BCUT2D eigenvalue weighted by molar-refractivity contribution is 0.0996. The van der Waals surface area contributed by atoms with E-state index in [1.807, 2.05) is 0 Å². The average Bonchev–Trinajstić information content (AvgIpc) is 2.39. The minimum atomic E-state index is -0.497. The number of hydrogen-bond acceptors (Lipinski definition) is 4. The predicted octanol–water partition coefficient (Wildman–Crippen LogP) is 2.18. The minimum Gasteiger partial charge on any atom is -0.439 e. The molecule has 1 aromatic heterocycles. The fourth-order valence-electron chi connectivity index (χ4n) is 1.49. The molecule has 0 radical (unpaired) electrons. The van der Waals surface area contributed by atoms with Crippen LogP contribution in [0.4, 0.5) is 0 Å². The van der Waals surface area contributed by atoms with Gasteiger partial charge in [-0.3, -0.25) is 9.59 Å². The number of amides is 1. The van der Waals surface area contributed by atoms with E-state index in [9.17, 15) is 9.59 Å². The van der Waals surface area contributed by atoms with Gasteiger partial charge in [0.2, 0.25) is 11.8 Å². The number of nitrogens with two attached hydrogens (primary N) is 1. The lowest BCUT2D eigenvalue weighted by Crippen LogP contribution is -2.10. The van der Waals surface area contributed by atoms with Gasteiger partial charge >= 0.3 is 0 Å².